The lowest BCUT2D eigenvalue weighted by atomic mass is 9.95. The molecule has 22 heavy (non-hydrogen) atoms. The number of aromatic amines is 1. The molecule has 1 aromatic heterocycles. The molecule has 1 aromatic carbocycles. The number of nitrogens with zero attached hydrogens (tertiary/aromatic N) is 2. The third-order valence-electron chi connectivity index (χ3n) is 4.24. The monoisotopic (exact) mass is 296 g/mol. The van der Waals surface area contributed by atoms with E-state index in [4.69, 9.17) is 5.73 Å². The summed E-state index contributed by atoms with van der Waals surface area (Å²) in [5.41, 5.74) is 11.2. The summed E-state index contributed by atoms with van der Waals surface area (Å²) in [5, 5.41) is 1.09. The molecule has 114 valence electrons. The normalized spacial score (nSPS) is 19.7. The molecule has 1 aliphatic rings. The number of nitrogens with one attached hydrogen (secondary N) is 1. The predicted molar refractivity (Wildman–Crippen MR) is 89.6 cm³/mol. The quantitative estimate of drug-likeness (QED) is 0.846. The molecule has 1 fully saturated rings. The topological polar surface area (TPSA) is 74.5 Å². The highest BCUT2D eigenvalue weighted by molar-refractivity contribution is 6.09. The highest BCUT2D eigenvalue weighted by atomic mass is 16.2. The fourth-order valence-electron chi connectivity index (χ4n) is 2.99. The number of nitrogens with two attached hydrogens (primary N) is 1. The Hall–Kier alpha value is -2.56. The van der Waals surface area contributed by atoms with E-state index >= 15 is 0 Å². The van der Waals surface area contributed by atoms with E-state index in [0.29, 0.717) is 18.8 Å². The molecule has 0 spiro atoms. The molecule has 5 nitrogen and oxygen atoms in total. The summed E-state index contributed by atoms with van der Waals surface area (Å²) in [6.45, 7) is 2.82. The van der Waals surface area contributed by atoms with Gasteiger partial charge in [0, 0.05) is 73.1 Å². The number of piperidine rings is 1. The van der Waals surface area contributed by atoms with Gasteiger partial charge in [0.15, 0.2) is 0 Å². The Kier molecular flexibility index (Phi) is 3.71. The van der Waals surface area contributed by atoms with Crippen LogP contribution >= 0.6 is 0 Å². The van der Waals surface area contributed by atoms with Crippen LogP contribution in [0.2, 0.25) is 0 Å². The van der Waals surface area contributed by atoms with Gasteiger partial charge in [-0.15, -0.1) is 0 Å². The van der Waals surface area contributed by atoms with Crippen molar-refractivity contribution in [2.75, 3.05) is 20.1 Å². The van der Waals surface area contributed by atoms with E-state index in [0.717, 1.165) is 34.2 Å². The Morgan fingerprint density at radius 2 is 2.18 bits per heavy atom. The maximum atomic E-state index is 11.7. The summed E-state index contributed by atoms with van der Waals surface area (Å²) in [6.07, 6.45) is 2.65. The fourth-order valence-corrected chi connectivity index (χ4v) is 2.99. The number of carbonyl (C=O) groups excluding carboxylic acids is 1. The lowest BCUT2D eigenvalue weighted by Gasteiger charge is -2.30. The van der Waals surface area contributed by atoms with Crippen LogP contribution in [0.15, 0.2) is 41.0 Å². The molecule has 2 heterocycles. The highest BCUT2D eigenvalue weighted by Crippen LogP contribution is 2.26. The van der Waals surface area contributed by atoms with Gasteiger partial charge in [-0.05, 0) is 12.1 Å². The van der Waals surface area contributed by atoms with Crippen LogP contribution in [-0.4, -0.2) is 41.6 Å². The Labute approximate surface area is 129 Å². The number of aliphatic imine (C=N–C) groups is 1. The van der Waals surface area contributed by atoms with E-state index in [1.165, 1.54) is 0 Å². The SMILES string of the molecule is CN=C1CCN(C(C)=O)CC1=C(N)c1cccc2[nH]ccc12. The molecule has 0 radical (unpaired) electrons. The van der Waals surface area contributed by atoms with Crippen LogP contribution in [0.3, 0.4) is 0 Å². The molecule has 3 N–H and O–H groups in total. The van der Waals surface area contributed by atoms with Crippen LogP contribution in [0.4, 0.5) is 0 Å². The van der Waals surface area contributed by atoms with E-state index in [2.05, 4.69) is 9.98 Å². The first kappa shape index (κ1) is 14.4. The van der Waals surface area contributed by atoms with Crippen molar-refractivity contribution in [3.63, 3.8) is 0 Å². The zero-order valence-corrected chi connectivity index (χ0v) is 12.9. The second-order valence-electron chi connectivity index (χ2n) is 5.50. The number of carbonyl (C=O) groups is 1. The second kappa shape index (κ2) is 5.67. The van der Waals surface area contributed by atoms with Crippen molar-refractivity contribution in [2.24, 2.45) is 10.7 Å². The minimum Gasteiger partial charge on any atom is -0.398 e. The number of benzene rings is 1. The summed E-state index contributed by atoms with van der Waals surface area (Å²) in [4.78, 5) is 21.1. The van der Waals surface area contributed by atoms with Gasteiger partial charge in [-0.1, -0.05) is 12.1 Å². The number of hydrogen-bond donors (Lipinski definition) is 2. The molecule has 1 saturated heterocycles. The van der Waals surface area contributed by atoms with Crippen molar-refractivity contribution >= 4 is 28.2 Å². The van der Waals surface area contributed by atoms with Gasteiger partial charge < -0.3 is 15.6 Å². The number of amides is 1. The number of likely N-dealkylation sites (tertiary alicyclic amines) is 1. The van der Waals surface area contributed by atoms with Gasteiger partial charge in [-0.3, -0.25) is 9.79 Å². The summed E-state index contributed by atoms with van der Waals surface area (Å²) >= 11 is 0. The van der Waals surface area contributed by atoms with Crippen molar-refractivity contribution in [1.29, 1.82) is 0 Å². The van der Waals surface area contributed by atoms with Crippen molar-refractivity contribution in [3.8, 4) is 0 Å². The van der Waals surface area contributed by atoms with Gasteiger partial charge in [0.25, 0.3) is 0 Å². The minimum absolute atomic E-state index is 0.0697. The number of rotatable bonds is 1. The second-order valence-corrected chi connectivity index (χ2v) is 5.50. The Morgan fingerprint density at radius 1 is 1.36 bits per heavy atom. The predicted octanol–water partition coefficient (Wildman–Crippen LogP) is 2.16. The van der Waals surface area contributed by atoms with Crippen molar-refractivity contribution < 1.29 is 4.79 Å². The lowest BCUT2D eigenvalue weighted by Crippen LogP contribution is -2.39. The van der Waals surface area contributed by atoms with E-state index in [1.54, 1.807) is 14.0 Å². The van der Waals surface area contributed by atoms with Crippen molar-refractivity contribution in [2.45, 2.75) is 13.3 Å². The Morgan fingerprint density at radius 3 is 2.91 bits per heavy atom. The van der Waals surface area contributed by atoms with Gasteiger partial charge in [0.05, 0.1) is 0 Å². The first-order chi connectivity index (χ1) is 10.6. The zero-order valence-electron chi connectivity index (χ0n) is 12.9. The van der Waals surface area contributed by atoms with Gasteiger partial charge in [0.2, 0.25) is 5.91 Å². The molecule has 0 bridgehead atoms. The Balaban J connectivity index is 2.12. The van der Waals surface area contributed by atoms with Crippen LogP contribution in [0.1, 0.15) is 18.9 Å². The van der Waals surface area contributed by atoms with Crippen molar-refractivity contribution in [1.82, 2.24) is 9.88 Å². The number of hydrogen-bond acceptors (Lipinski definition) is 3. The van der Waals surface area contributed by atoms with Gasteiger partial charge in [-0.25, -0.2) is 0 Å². The molecule has 3 rings (SSSR count). The summed E-state index contributed by atoms with van der Waals surface area (Å²) in [6, 6.07) is 8.04. The van der Waals surface area contributed by atoms with Gasteiger partial charge >= 0.3 is 0 Å². The van der Waals surface area contributed by atoms with Gasteiger partial charge in [-0.2, -0.15) is 0 Å². The fraction of sp³-hybridized carbons (Fsp3) is 0.294. The minimum atomic E-state index is 0.0697. The molecular formula is C17H20N4O. The smallest absolute Gasteiger partial charge is 0.219 e. The largest absolute Gasteiger partial charge is 0.398 e. The summed E-state index contributed by atoms with van der Waals surface area (Å²) in [7, 11) is 1.78. The molecule has 0 unspecified atom stereocenters. The first-order valence-electron chi connectivity index (χ1n) is 7.38. The van der Waals surface area contributed by atoms with E-state index in [-0.39, 0.29) is 5.91 Å². The van der Waals surface area contributed by atoms with Crippen LogP contribution in [-0.2, 0) is 4.79 Å². The zero-order chi connectivity index (χ0) is 15.7. The molecule has 0 aliphatic carbocycles. The van der Waals surface area contributed by atoms with Gasteiger partial charge in [0.1, 0.15) is 0 Å². The molecule has 0 saturated carbocycles. The van der Waals surface area contributed by atoms with Crippen LogP contribution in [0, 0.1) is 0 Å². The molecule has 1 aliphatic heterocycles. The third-order valence-corrected chi connectivity index (χ3v) is 4.24. The molecule has 1 amide bonds. The highest BCUT2D eigenvalue weighted by Gasteiger charge is 2.24. The number of aromatic nitrogens is 1. The summed E-state index contributed by atoms with van der Waals surface area (Å²) in [5.74, 6) is 0.0697. The van der Waals surface area contributed by atoms with Crippen LogP contribution in [0.25, 0.3) is 16.6 Å². The van der Waals surface area contributed by atoms with E-state index in [9.17, 15) is 4.79 Å². The maximum absolute atomic E-state index is 11.7. The Bertz CT molecular complexity index is 785. The van der Waals surface area contributed by atoms with Crippen LogP contribution in [0.5, 0.6) is 0 Å². The molecular weight excluding hydrogens is 276 g/mol. The first-order valence-corrected chi connectivity index (χ1v) is 7.38. The van der Waals surface area contributed by atoms with E-state index < -0.39 is 0 Å². The van der Waals surface area contributed by atoms with E-state index in [1.807, 2.05) is 35.4 Å². The average molecular weight is 296 g/mol. The number of fused-ring (bicyclic) bond motifs is 1. The molecule has 5 heteroatoms. The maximum Gasteiger partial charge on any atom is 0.219 e. The number of H-pyrrole nitrogens is 1. The standard InChI is InChI=1S/C17H20N4O/c1-11(22)21-9-7-15(19-2)14(10-21)17(18)13-4-3-5-16-12(13)6-8-20-16/h3-6,8,20H,7,9-10,18H2,1-2H3. The summed E-state index contributed by atoms with van der Waals surface area (Å²) < 4.78 is 0. The van der Waals surface area contributed by atoms with Crippen LogP contribution < -0.4 is 5.73 Å². The van der Waals surface area contributed by atoms with Crippen molar-refractivity contribution in [3.05, 3.63) is 41.6 Å². The third kappa shape index (κ3) is 2.39. The molecule has 2 aromatic rings. The lowest BCUT2D eigenvalue weighted by molar-refractivity contribution is -0.128. The molecule has 0 atom stereocenters. The average Bonchev–Trinajstić information content (AvgIpc) is 3.02.